The van der Waals surface area contributed by atoms with Gasteiger partial charge in [-0.15, -0.1) is 0 Å². The van der Waals surface area contributed by atoms with Crippen LogP contribution in [0.3, 0.4) is 0 Å². The van der Waals surface area contributed by atoms with Gasteiger partial charge in [-0.2, -0.15) is 13.2 Å². The van der Waals surface area contributed by atoms with E-state index in [0.29, 0.717) is 0 Å². The van der Waals surface area contributed by atoms with Gasteiger partial charge in [-0.3, -0.25) is 4.79 Å². The van der Waals surface area contributed by atoms with Crippen LogP contribution in [0.25, 0.3) is 0 Å². The molecule has 0 amide bonds. The number of halogens is 3. The fourth-order valence-corrected chi connectivity index (χ4v) is 0.577. The monoisotopic (exact) mass is 183 g/mol. The Kier molecular flexibility index (Phi) is 3.26. The van der Waals surface area contributed by atoms with E-state index in [1.54, 1.807) is 0 Å². The molecule has 0 aromatic rings. The molecule has 5 heteroatoms. The predicted octanol–water partition coefficient (Wildman–Crippen LogP) is 1.64. The third-order valence-electron chi connectivity index (χ3n) is 1.35. The second kappa shape index (κ2) is 3.43. The van der Waals surface area contributed by atoms with Gasteiger partial charge in [0.05, 0.1) is 12.0 Å². The Labute approximate surface area is 68.9 Å². The van der Waals surface area contributed by atoms with E-state index in [0.717, 1.165) is 0 Å². The molecule has 0 aromatic heterocycles. The molecule has 2 N–H and O–H groups in total. The zero-order chi connectivity index (χ0) is 9.99. The maximum atomic E-state index is 11.6. The summed E-state index contributed by atoms with van der Waals surface area (Å²) in [4.78, 5) is 10.9. The first-order chi connectivity index (χ1) is 5.13. The van der Waals surface area contributed by atoms with Gasteiger partial charge in [0.2, 0.25) is 0 Å². The number of ketones is 1. The van der Waals surface area contributed by atoms with Crippen LogP contribution in [-0.4, -0.2) is 17.5 Å². The third kappa shape index (κ3) is 5.12. The summed E-state index contributed by atoms with van der Waals surface area (Å²) in [6.45, 7) is 2.79. The summed E-state index contributed by atoms with van der Waals surface area (Å²) in [5.41, 5.74) is 4.13. The van der Waals surface area contributed by atoms with Crippen LogP contribution in [-0.2, 0) is 4.79 Å². The van der Waals surface area contributed by atoms with Crippen molar-refractivity contribution in [3.8, 4) is 0 Å². The van der Waals surface area contributed by atoms with E-state index in [1.165, 1.54) is 13.8 Å². The van der Waals surface area contributed by atoms with Gasteiger partial charge in [0.15, 0.2) is 5.78 Å². The minimum atomic E-state index is -4.28. The van der Waals surface area contributed by atoms with Crippen LogP contribution in [0.15, 0.2) is 0 Å². The topological polar surface area (TPSA) is 43.1 Å². The summed E-state index contributed by atoms with van der Waals surface area (Å²) in [6, 6.07) is 0. The predicted molar refractivity (Wildman–Crippen MR) is 38.6 cm³/mol. The molecule has 0 bridgehead atoms. The van der Waals surface area contributed by atoms with E-state index < -0.39 is 30.3 Å². The van der Waals surface area contributed by atoms with Crippen LogP contribution in [0.4, 0.5) is 13.2 Å². The highest BCUT2D eigenvalue weighted by atomic mass is 19.4. The summed E-state index contributed by atoms with van der Waals surface area (Å²) < 4.78 is 34.8. The highest BCUT2D eigenvalue weighted by molar-refractivity contribution is 5.87. The Morgan fingerprint density at radius 3 is 2.00 bits per heavy atom. The largest absolute Gasteiger partial charge is 0.389 e. The van der Waals surface area contributed by atoms with Gasteiger partial charge in [-0.05, 0) is 13.8 Å². The highest BCUT2D eigenvalue weighted by Gasteiger charge is 2.31. The first-order valence-corrected chi connectivity index (χ1v) is 3.52. The summed E-state index contributed by atoms with van der Waals surface area (Å²) in [5, 5.41) is 0. The zero-order valence-electron chi connectivity index (χ0n) is 7.03. The van der Waals surface area contributed by atoms with Crippen molar-refractivity contribution in [3.05, 3.63) is 0 Å². The number of carbonyl (C=O) groups is 1. The summed E-state index contributed by atoms with van der Waals surface area (Å²) >= 11 is 0. The number of Topliss-reactive ketones (excluding diaryl/α,β-unsaturated/α-hetero) is 1. The summed E-state index contributed by atoms with van der Waals surface area (Å²) in [5.74, 6) is -0.570. The Bertz CT molecular complexity index is 168. The first kappa shape index (κ1) is 11.4. The van der Waals surface area contributed by atoms with Gasteiger partial charge in [-0.1, -0.05) is 0 Å². The first-order valence-electron chi connectivity index (χ1n) is 3.52. The molecular weight excluding hydrogens is 171 g/mol. The van der Waals surface area contributed by atoms with Gasteiger partial charge in [0, 0.05) is 6.42 Å². The molecule has 0 aliphatic rings. The molecule has 0 aromatic carbocycles. The Balaban J connectivity index is 3.90. The van der Waals surface area contributed by atoms with Crippen molar-refractivity contribution in [2.24, 2.45) is 5.73 Å². The van der Waals surface area contributed by atoms with Crippen molar-refractivity contribution in [1.82, 2.24) is 0 Å². The SMILES string of the molecule is CC(C)(N)C(=O)CCC(F)(F)F. The normalized spacial score (nSPS) is 13.2. The molecule has 0 rings (SSSR count). The molecule has 72 valence electrons. The molecule has 0 aliphatic heterocycles. The van der Waals surface area contributed by atoms with E-state index in [1.807, 2.05) is 0 Å². The average Bonchev–Trinajstić information content (AvgIpc) is 1.78. The molecule has 0 aliphatic carbocycles. The molecular formula is C7H12F3NO. The quantitative estimate of drug-likeness (QED) is 0.722. The lowest BCUT2D eigenvalue weighted by molar-refractivity contribution is -0.144. The van der Waals surface area contributed by atoms with Crippen molar-refractivity contribution in [2.75, 3.05) is 0 Å². The van der Waals surface area contributed by atoms with Crippen molar-refractivity contribution >= 4 is 5.78 Å². The Morgan fingerprint density at radius 2 is 1.75 bits per heavy atom. The van der Waals surface area contributed by atoms with E-state index in [2.05, 4.69) is 0 Å². The molecule has 2 nitrogen and oxygen atoms in total. The molecule has 0 heterocycles. The summed E-state index contributed by atoms with van der Waals surface area (Å²) in [6.07, 6.45) is -5.90. The second-order valence-electron chi connectivity index (χ2n) is 3.26. The van der Waals surface area contributed by atoms with Crippen LogP contribution >= 0.6 is 0 Å². The number of alkyl halides is 3. The summed E-state index contributed by atoms with van der Waals surface area (Å²) in [7, 11) is 0. The maximum absolute atomic E-state index is 11.6. The molecule has 0 spiro atoms. The maximum Gasteiger partial charge on any atom is 0.389 e. The van der Waals surface area contributed by atoms with Gasteiger partial charge in [0.25, 0.3) is 0 Å². The smallest absolute Gasteiger partial charge is 0.319 e. The van der Waals surface area contributed by atoms with Crippen molar-refractivity contribution in [1.29, 1.82) is 0 Å². The molecule has 0 fully saturated rings. The van der Waals surface area contributed by atoms with Gasteiger partial charge in [-0.25, -0.2) is 0 Å². The minimum absolute atomic E-state index is 0.535. The van der Waals surface area contributed by atoms with Gasteiger partial charge < -0.3 is 5.73 Å². The van der Waals surface area contributed by atoms with E-state index in [9.17, 15) is 18.0 Å². The molecule has 0 radical (unpaired) electrons. The standard InChI is InChI=1S/C7H12F3NO/c1-6(2,11)5(12)3-4-7(8,9)10/h3-4,11H2,1-2H3. The van der Waals surface area contributed by atoms with E-state index in [4.69, 9.17) is 5.73 Å². The lowest BCUT2D eigenvalue weighted by Gasteiger charge is -2.16. The van der Waals surface area contributed by atoms with Crippen LogP contribution < -0.4 is 5.73 Å². The second-order valence-corrected chi connectivity index (χ2v) is 3.26. The molecule has 0 atom stereocenters. The zero-order valence-corrected chi connectivity index (χ0v) is 7.03. The molecule has 0 unspecified atom stereocenters. The third-order valence-corrected chi connectivity index (χ3v) is 1.35. The van der Waals surface area contributed by atoms with E-state index in [-0.39, 0.29) is 0 Å². The number of carbonyl (C=O) groups excluding carboxylic acids is 1. The number of hydrogen-bond donors (Lipinski definition) is 1. The molecule has 0 saturated heterocycles. The van der Waals surface area contributed by atoms with E-state index >= 15 is 0 Å². The average molecular weight is 183 g/mol. The van der Waals surface area contributed by atoms with Crippen molar-refractivity contribution < 1.29 is 18.0 Å². The van der Waals surface area contributed by atoms with Crippen LogP contribution in [0.5, 0.6) is 0 Å². The molecule has 0 saturated carbocycles. The van der Waals surface area contributed by atoms with Crippen molar-refractivity contribution in [3.63, 3.8) is 0 Å². The fraction of sp³-hybridized carbons (Fsp3) is 0.857. The fourth-order valence-electron chi connectivity index (χ4n) is 0.577. The minimum Gasteiger partial charge on any atom is -0.319 e. The van der Waals surface area contributed by atoms with Gasteiger partial charge >= 0.3 is 6.18 Å². The lowest BCUT2D eigenvalue weighted by Crippen LogP contribution is -2.41. The van der Waals surface area contributed by atoms with Crippen LogP contribution in [0.1, 0.15) is 26.7 Å². The number of hydrogen-bond acceptors (Lipinski definition) is 2. The van der Waals surface area contributed by atoms with Crippen molar-refractivity contribution in [2.45, 2.75) is 38.4 Å². The number of nitrogens with two attached hydrogens (primary N) is 1. The van der Waals surface area contributed by atoms with Crippen LogP contribution in [0.2, 0.25) is 0 Å². The number of rotatable bonds is 3. The molecule has 12 heavy (non-hydrogen) atoms. The Morgan fingerprint density at radius 1 is 1.33 bits per heavy atom. The van der Waals surface area contributed by atoms with Gasteiger partial charge in [0.1, 0.15) is 0 Å². The highest BCUT2D eigenvalue weighted by Crippen LogP contribution is 2.22. The van der Waals surface area contributed by atoms with Crippen LogP contribution in [0, 0.1) is 0 Å². The lowest BCUT2D eigenvalue weighted by atomic mass is 9.97. The Hall–Kier alpha value is -0.580.